The number of nitrogens with zero attached hydrogens (tertiary/aromatic N) is 2. The van der Waals surface area contributed by atoms with Gasteiger partial charge in [0, 0.05) is 17.0 Å². The molecule has 0 unspecified atom stereocenters. The number of sulfone groups is 1. The van der Waals surface area contributed by atoms with Crippen LogP contribution in [0.3, 0.4) is 0 Å². The summed E-state index contributed by atoms with van der Waals surface area (Å²) in [4.78, 5) is 0. The average Bonchev–Trinajstić information content (AvgIpc) is 2.73. The van der Waals surface area contributed by atoms with Gasteiger partial charge in [-0.15, -0.1) is 11.6 Å². The molecule has 1 aromatic heterocycles. The van der Waals surface area contributed by atoms with Crippen LogP contribution in [0.1, 0.15) is 37.7 Å². The van der Waals surface area contributed by atoms with Crippen molar-refractivity contribution in [2.45, 2.75) is 46.0 Å². The van der Waals surface area contributed by atoms with E-state index in [9.17, 15) is 8.42 Å². The van der Waals surface area contributed by atoms with Gasteiger partial charge in [-0.3, -0.25) is 4.68 Å². The zero-order valence-corrected chi connectivity index (χ0v) is 12.8. The third-order valence-electron chi connectivity index (χ3n) is 3.11. The first-order valence-corrected chi connectivity index (χ1v) is 8.68. The van der Waals surface area contributed by atoms with Gasteiger partial charge in [-0.1, -0.05) is 20.8 Å². The summed E-state index contributed by atoms with van der Waals surface area (Å²) < 4.78 is 24.9. The van der Waals surface area contributed by atoms with Crippen LogP contribution >= 0.6 is 11.6 Å². The molecule has 0 N–H and O–H groups in total. The van der Waals surface area contributed by atoms with Gasteiger partial charge in [-0.2, -0.15) is 5.10 Å². The Bertz CT molecular complexity index is 494. The maximum absolute atomic E-state index is 11.5. The van der Waals surface area contributed by atoms with Gasteiger partial charge >= 0.3 is 0 Å². The minimum Gasteiger partial charge on any atom is -0.268 e. The largest absolute Gasteiger partial charge is 0.268 e. The van der Waals surface area contributed by atoms with Gasteiger partial charge in [0.2, 0.25) is 0 Å². The third kappa shape index (κ3) is 3.48. The maximum atomic E-state index is 11.5. The summed E-state index contributed by atoms with van der Waals surface area (Å²) in [7, 11) is -2.95. The molecular formula is C12H21ClN2O2S. The summed E-state index contributed by atoms with van der Waals surface area (Å²) in [6.45, 7) is 6.16. The van der Waals surface area contributed by atoms with E-state index in [-0.39, 0.29) is 11.5 Å². The van der Waals surface area contributed by atoms with E-state index in [1.54, 1.807) is 6.92 Å². The molecule has 0 atom stereocenters. The Balaban J connectivity index is 2.99. The van der Waals surface area contributed by atoms with Gasteiger partial charge in [0.15, 0.2) is 9.84 Å². The molecule has 0 aromatic carbocycles. The van der Waals surface area contributed by atoms with E-state index in [0.29, 0.717) is 12.4 Å². The number of hydrogen-bond acceptors (Lipinski definition) is 3. The van der Waals surface area contributed by atoms with Crippen LogP contribution < -0.4 is 0 Å². The van der Waals surface area contributed by atoms with Gasteiger partial charge in [-0.25, -0.2) is 8.42 Å². The molecule has 0 saturated carbocycles. The van der Waals surface area contributed by atoms with Gasteiger partial charge in [0.1, 0.15) is 0 Å². The minimum atomic E-state index is -2.95. The van der Waals surface area contributed by atoms with Gasteiger partial charge in [-0.05, 0) is 12.8 Å². The molecule has 0 aliphatic rings. The summed E-state index contributed by atoms with van der Waals surface area (Å²) >= 11 is 5.95. The molecule has 1 rings (SSSR count). The van der Waals surface area contributed by atoms with Crippen molar-refractivity contribution in [3.05, 3.63) is 17.0 Å². The summed E-state index contributed by atoms with van der Waals surface area (Å²) in [5.74, 6) is 0.759. The zero-order valence-electron chi connectivity index (χ0n) is 11.2. The van der Waals surface area contributed by atoms with Crippen LogP contribution in [0, 0.1) is 0 Å². The molecule has 0 spiro atoms. The van der Waals surface area contributed by atoms with E-state index in [4.69, 9.17) is 11.6 Å². The van der Waals surface area contributed by atoms with Crippen molar-refractivity contribution in [3.8, 4) is 0 Å². The summed E-state index contributed by atoms with van der Waals surface area (Å²) in [6.07, 6.45) is 1.64. The SMILES string of the molecule is CCc1nn(CCS(=O)(=O)CC)c(CC)c1CCl. The van der Waals surface area contributed by atoms with Crippen molar-refractivity contribution in [1.29, 1.82) is 0 Å². The van der Waals surface area contributed by atoms with Crippen molar-refractivity contribution in [2.75, 3.05) is 11.5 Å². The number of aromatic nitrogens is 2. The fourth-order valence-electron chi connectivity index (χ4n) is 1.98. The molecule has 0 aliphatic carbocycles. The van der Waals surface area contributed by atoms with Crippen LogP contribution in [0.4, 0.5) is 0 Å². The lowest BCUT2D eigenvalue weighted by atomic mass is 10.1. The van der Waals surface area contributed by atoms with Crippen LogP contribution in [0.2, 0.25) is 0 Å². The van der Waals surface area contributed by atoms with E-state index >= 15 is 0 Å². The Morgan fingerprint density at radius 2 is 1.89 bits per heavy atom. The molecule has 0 amide bonds. The van der Waals surface area contributed by atoms with Crippen LogP contribution in [-0.2, 0) is 35.1 Å². The highest BCUT2D eigenvalue weighted by Gasteiger charge is 2.16. The second-order valence-electron chi connectivity index (χ2n) is 4.17. The number of alkyl halides is 1. The average molecular weight is 293 g/mol. The van der Waals surface area contributed by atoms with Crippen LogP contribution in [-0.4, -0.2) is 29.7 Å². The van der Waals surface area contributed by atoms with E-state index in [1.807, 2.05) is 18.5 Å². The van der Waals surface area contributed by atoms with Crippen molar-refractivity contribution in [1.82, 2.24) is 9.78 Å². The lowest BCUT2D eigenvalue weighted by Crippen LogP contribution is -2.17. The van der Waals surface area contributed by atoms with Gasteiger partial charge < -0.3 is 0 Å². The lowest BCUT2D eigenvalue weighted by Gasteiger charge is -2.06. The Hall–Kier alpha value is -0.550. The monoisotopic (exact) mass is 292 g/mol. The second-order valence-corrected chi connectivity index (χ2v) is 6.91. The second kappa shape index (κ2) is 6.57. The highest BCUT2D eigenvalue weighted by atomic mass is 35.5. The van der Waals surface area contributed by atoms with E-state index in [0.717, 1.165) is 29.8 Å². The number of aryl methyl sites for hydroxylation is 2. The van der Waals surface area contributed by atoms with E-state index in [2.05, 4.69) is 5.10 Å². The first-order valence-electron chi connectivity index (χ1n) is 6.32. The molecule has 0 fully saturated rings. The fourth-order valence-corrected chi connectivity index (χ4v) is 3.03. The smallest absolute Gasteiger partial charge is 0.151 e. The Labute approximate surface area is 114 Å². The minimum absolute atomic E-state index is 0.142. The summed E-state index contributed by atoms with van der Waals surface area (Å²) in [5.41, 5.74) is 3.11. The van der Waals surface area contributed by atoms with Crippen LogP contribution in [0.25, 0.3) is 0 Å². The molecular weight excluding hydrogens is 272 g/mol. The number of rotatable bonds is 7. The Morgan fingerprint density at radius 3 is 2.33 bits per heavy atom. The van der Waals surface area contributed by atoms with Crippen molar-refractivity contribution >= 4 is 21.4 Å². The molecule has 0 saturated heterocycles. The van der Waals surface area contributed by atoms with Gasteiger partial charge in [0.25, 0.3) is 0 Å². The first-order chi connectivity index (χ1) is 8.49. The summed E-state index contributed by atoms with van der Waals surface area (Å²) in [5, 5.41) is 4.48. The molecule has 0 radical (unpaired) electrons. The quantitative estimate of drug-likeness (QED) is 0.724. The van der Waals surface area contributed by atoms with Crippen molar-refractivity contribution in [3.63, 3.8) is 0 Å². The normalized spacial score (nSPS) is 12.0. The highest BCUT2D eigenvalue weighted by Crippen LogP contribution is 2.18. The molecule has 6 heteroatoms. The van der Waals surface area contributed by atoms with Crippen molar-refractivity contribution < 1.29 is 8.42 Å². The first kappa shape index (κ1) is 15.5. The van der Waals surface area contributed by atoms with Crippen LogP contribution in [0.15, 0.2) is 0 Å². The molecule has 0 bridgehead atoms. The van der Waals surface area contributed by atoms with Gasteiger partial charge in [0.05, 0.1) is 23.9 Å². The predicted octanol–water partition coefficient (Wildman–Crippen LogP) is 2.18. The number of halogens is 1. The third-order valence-corrected chi connectivity index (χ3v) is 5.06. The molecule has 0 aliphatic heterocycles. The van der Waals surface area contributed by atoms with Crippen LogP contribution in [0.5, 0.6) is 0 Å². The predicted molar refractivity (Wildman–Crippen MR) is 74.9 cm³/mol. The Kier molecular flexibility index (Phi) is 5.66. The lowest BCUT2D eigenvalue weighted by molar-refractivity contribution is 0.573. The highest BCUT2D eigenvalue weighted by molar-refractivity contribution is 7.91. The zero-order chi connectivity index (χ0) is 13.8. The molecule has 18 heavy (non-hydrogen) atoms. The van der Waals surface area contributed by atoms with Crippen molar-refractivity contribution in [2.24, 2.45) is 0 Å². The summed E-state index contributed by atoms with van der Waals surface area (Å²) in [6, 6.07) is 0. The fraction of sp³-hybridized carbons (Fsp3) is 0.750. The topological polar surface area (TPSA) is 52.0 Å². The standard InChI is InChI=1S/C12H21ClN2O2S/c1-4-11-10(9-13)12(5-2)15(14-11)7-8-18(16,17)6-3/h4-9H2,1-3H3. The Morgan fingerprint density at radius 1 is 1.22 bits per heavy atom. The molecule has 1 heterocycles. The van der Waals surface area contributed by atoms with E-state index in [1.165, 1.54) is 0 Å². The molecule has 104 valence electrons. The molecule has 4 nitrogen and oxygen atoms in total. The van der Waals surface area contributed by atoms with E-state index < -0.39 is 9.84 Å². The molecule has 1 aromatic rings. The number of hydrogen-bond donors (Lipinski definition) is 0. The maximum Gasteiger partial charge on any atom is 0.151 e.